The van der Waals surface area contributed by atoms with Crippen LogP contribution in [0.5, 0.6) is 5.88 Å². The van der Waals surface area contributed by atoms with Crippen molar-refractivity contribution in [2.75, 3.05) is 12.8 Å². The van der Waals surface area contributed by atoms with Gasteiger partial charge in [0.2, 0.25) is 5.88 Å². The monoisotopic (exact) mass is 283 g/mol. The van der Waals surface area contributed by atoms with Crippen LogP contribution in [0, 0.1) is 11.3 Å². The first-order valence-corrected chi connectivity index (χ1v) is 6.03. The van der Waals surface area contributed by atoms with Gasteiger partial charge in [0.25, 0.3) is 0 Å². The third-order valence-electron chi connectivity index (χ3n) is 2.62. The normalized spacial score (nSPS) is 10.3. The minimum atomic E-state index is 0.251. The Balaban J connectivity index is 2.14. The largest absolute Gasteiger partial charge is 0.472 e. The molecule has 0 radical (unpaired) electrons. The number of hydrogen-bond donors (Lipinski definition) is 1. The summed E-state index contributed by atoms with van der Waals surface area (Å²) >= 11 is 0. The summed E-state index contributed by atoms with van der Waals surface area (Å²) in [5.74, 6) is 0.563. The van der Waals surface area contributed by atoms with E-state index >= 15 is 0 Å². The molecule has 0 spiro atoms. The highest BCUT2D eigenvalue weighted by molar-refractivity contribution is 5.87. The van der Waals surface area contributed by atoms with E-state index in [1.807, 2.05) is 12.1 Å². The lowest BCUT2D eigenvalue weighted by atomic mass is 10.2. The Kier molecular flexibility index (Phi) is 4.66. The van der Waals surface area contributed by atoms with Crippen LogP contribution in [0.3, 0.4) is 0 Å². The zero-order valence-corrected chi connectivity index (χ0v) is 11.4. The van der Waals surface area contributed by atoms with E-state index in [4.69, 9.17) is 15.7 Å². The second-order valence-electron chi connectivity index (χ2n) is 3.99. The highest BCUT2D eigenvalue weighted by Crippen LogP contribution is 2.18. The standard InChI is InChI=1S/C14H13N5O2/c1-20-19-7-12-13(16)17-9-18-14(12)21-8-11-4-2-10(6-15)3-5-11/h2-5,7,9H,8H2,1H3,(H2,16,17,18). The molecular weight excluding hydrogens is 270 g/mol. The lowest BCUT2D eigenvalue weighted by Gasteiger charge is -2.08. The maximum Gasteiger partial charge on any atom is 0.228 e. The van der Waals surface area contributed by atoms with Crippen molar-refractivity contribution in [2.45, 2.75) is 6.61 Å². The summed E-state index contributed by atoms with van der Waals surface area (Å²) in [5, 5.41) is 12.4. The molecule has 0 bridgehead atoms. The molecule has 7 heteroatoms. The van der Waals surface area contributed by atoms with Gasteiger partial charge in [0.1, 0.15) is 31.4 Å². The number of nitrogen functional groups attached to an aromatic ring is 1. The van der Waals surface area contributed by atoms with Crippen LogP contribution in [-0.4, -0.2) is 23.3 Å². The molecule has 0 fully saturated rings. The minimum Gasteiger partial charge on any atom is -0.472 e. The second-order valence-corrected chi connectivity index (χ2v) is 3.99. The van der Waals surface area contributed by atoms with Crippen LogP contribution in [0.4, 0.5) is 5.82 Å². The Bertz CT molecular complexity index is 677. The summed E-state index contributed by atoms with van der Waals surface area (Å²) in [4.78, 5) is 12.5. The Morgan fingerprint density at radius 3 is 2.76 bits per heavy atom. The van der Waals surface area contributed by atoms with Gasteiger partial charge in [-0.15, -0.1) is 0 Å². The molecule has 0 amide bonds. The highest BCUT2D eigenvalue weighted by atomic mass is 16.6. The number of oxime groups is 1. The van der Waals surface area contributed by atoms with E-state index in [1.54, 1.807) is 12.1 Å². The molecule has 2 N–H and O–H groups in total. The molecule has 0 aliphatic carbocycles. The average molecular weight is 283 g/mol. The molecule has 0 saturated carbocycles. The highest BCUT2D eigenvalue weighted by Gasteiger charge is 2.09. The van der Waals surface area contributed by atoms with Crippen molar-refractivity contribution in [3.8, 4) is 11.9 Å². The minimum absolute atomic E-state index is 0.251. The van der Waals surface area contributed by atoms with E-state index in [1.165, 1.54) is 19.7 Å². The van der Waals surface area contributed by atoms with Gasteiger partial charge in [-0.05, 0) is 17.7 Å². The fourth-order valence-electron chi connectivity index (χ4n) is 1.56. The third-order valence-corrected chi connectivity index (χ3v) is 2.62. The van der Waals surface area contributed by atoms with E-state index in [2.05, 4.69) is 26.0 Å². The Hall–Kier alpha value is -3.14. The lowest BCUT2D eigenvalue weighted by molar-refractivity contribution is 0.215. The summed E-state index contributed by atoms with van der Waals surface area (Å²) in [5.41, 5.74) is 7.71. The number of hydrogen-bond acceptors (Lipinski definition) is 7. The number of rotatable bonds is 5. The SMILES string of the molecule is CON=Cc1c(N)ncnc1OCc1ccc(C#N)cc1. The van der Waals surface area contributed by atoms with Gasteiger partial charge in [-0.3, -0.25) is 0 Å². The maximum absolute atomic E-state index is 8.75. The maximum atomic E-state index is 8.75. The molecule has 0 unspecified atom stereocenters. The number of nitrogens with two attached hydrogens (primary N) is 1. The smallest absolute Gasteiger partial charge is 0.228 e. The summed E-state index contributed by atoms with van der Waals surface area (Å²) in [7, 11) is 1.42. The van der Waals surface area contributed by atoms with Crippen molar-refractivity contribution in [1.82, 2.24) is 9.97 Å². The van der Waals surface area contributed by atoms with Crippen molar-refractivity contribution < 1.29 is 9.57 Å². The fourth-order valence-corrected chi connectivity index (χ4v) is 1.56. The summed E-state index contributed by atoms with van der Waals surface area (Å²) in [6.07, 6.45) is 2.71. The Morgan fingerprint density at radius 1 is 1.33 bits per heavy atom. The first kappa shape index (κ1) is 14.3. The predicted octanol–water partition coefficient (Wildman–Crippen LogP) is 1.49. The first-order valence-electron chi connectivity index (χ1n) is 6.03. The molecule has 1 aromatic heterocycles. The molecule has 2 aromatic rings. The van der Waals surface area contributed by atoms with Gasteiger partial charge in [0.05, 0.1) is 17.8 Å². The zero-order chi connectivity index (χ0) is 15.1. The Morgan fingerprint density at radius 2 is 2.10 bits per heavy atom. The van der Waals surface area contributed by atoms with Gasteiger partial charge >= 0.3 is 0 Å². The van der Waals surface area contributed by atoms with Crippen LogP contribution < -0.4 is 10.5 Å². The van der Waals surface area contributed by atoms with Gasteiger partial charge in [-0.2, -0.15) is 5.26 Å². The molecule has 1 aromatic carbocycles. The van der Waals surface area contributed by atoms with E-state index in [9.17, 15) is 0 Å². The van der Waals surface area contributed by atoms with E-state index in [-0.39, 0.29) is 12.4 Å². The van der Waals surface area contributed by atoms with Crippen molar-refractivity contribution >= 4 is 12.0 Å². The molecule has 0 aliphatic rings. The number of nitrogens with zero attached hydrogens (tertiary/aromatic N) is 4. The number of nitriles is 1. The van der Waals surface area contributed by atoms with Crippen LogP contribution in [0.15, 0.2) is 35.7 Å². The lowest BCUT2D eigenvalue weighted by Crippen LogP contribution is -2.05. The van der Waals surface area contributed by atoms with E-state index in [0.717, 1.165) is 5.56 Å². The van der Waals surface area contributed by atoms with Crippen molar-refractivity contribution in [2.24, 2.45) is 5.16 Å². The van der Waals surface area contributed by atoms with Crippen LogP contribution in [-0.2, 0) is 11.4 Å². The van der Waals surface area contributed by atoms with Gasteiger partial charge in [-0.1, -0.05) is 17.3 Å². The number of aromatic nitrogens is 2. The molecule has 0 atom stereocenters. The molecule has 7 nitrogen and oxygen atoms in total. The summed E-state index contributed by atoms with van der Waals surface area (Å²) in [6.45, 7) is 0.288. The van der Waals surface area contributed by atoms with Gasteiger partial charge in [-0.25, -0.2) is 9.97 Å². The molecule has 0 aliphatic heterocycles. The third kappa shape index (κ3) is 3.67. The summed E-state index contributed by atoms with van der Waals surface area (Å²) in [6, 6.07) is 9.13. The molecule has 2 rings (SSSR count). The molecule has 106 valence electrons. The molecule has 0 saturated heterocycles. The van der Waals surface area contributed by atoms with Gasteiger partial charge in [0.15, 0.2) is 0 Å². The molecule has 21 heavy (non-hydrogen) atoms. The molecular formula is C14H13N5O2. The van der Waals surface area contributed by atoms with Gasteiger partial charge < -0.3 is 15.3 Å². The van der Waals surface area contributed by atoms with Crippen LogP contribution in [0.2, 0.25) is 0 Å². The van der Waals surface area contributed by atoms with Crippen molar-refractivity contribution in [3.63, 3.8) is 0 Å². The average Bonchev–Trinajstić information content (AvgIpc) is 2.52. The van der Waals surface area contributed by atoms with Crippen molar-refractivity contribution in [1.29, 1.82) is 5.26 Å². The Labute approximate surface area is 121 Å². The second kappa shape index (κ2) is 6.86. The quantitative estimate of drug-likeness (QED) is 0.658. The van der Waals surface area contributed by atoms with Crippen LogP contribution in [0.1, 0.15) is 16.7 Å². The van der Waals surface area contributed by atoms with Gasteiger partial charge in [0, 0.05) is 0 Å². The number of anilines is 1. The summed E-state index contributed by atoms with van der Waals surface area (Å²) < 4.78 is 5.61. The van der Waals surface area contributed by atoms with Crippen LogP contribution in [0.25, 0.3) is 0 Å². The van der Waals surface area contributed by atoms with Crippen LogP contribution >= 0.6 is 0 Å². The number of benzene rings is 1. The predicted molar refractivity (Wildman–Crippen MR) is 76.5 cm³/mol. The number of ether oxygens (including phenoxy) is 1. The van der Waals surface area contributed by atoms with E-state index < -0.39 is 0 Å². The zero-order valence-electron chi connectivity index (χ0n) is 11.4. The fraction of sp³-hybridized carbons (Fsp3) is 0.143. The first-order chi connectivity index (χ1) is 10.2. The topological polar surface area (TPSA) is 106 Å². The van der Waals surface area contributed by atoms with E-state index in [0.29, 0.717) is 17.0 Å². The van der Waals surface area contributed by atoms with Crippen molar-refractivity contribution in [3.05, 3.63) is 47.3 Å². The molecule has 1 heterocycles.